The van der Waals surface area contributed by atoms with E-state index in [1.165, 1.54) is 5.56 Å². The van der Waals surface area contributed by atoms with Crippen molar-refractivity contribution in [2.75, 3.05) is 6.54 Å². The second-order valence-electron chi connectivity index (χ2n) is 6.59. The normalized spacial score (nSPS) is 10.9. The standard InChI is InChI=1S/C23H26N2O2/c1-2-15-25(17-20-7-3-4-9-23(20)26)16-19-10-12-22(13-11-19)27-18-21-8-5-6-14-24-21/h3-14,26H,2,15-18H2,1H3. The Bertz CT molecular complexity index is 819. The third-order valence-electron chi connectivity index (χ3n) is 4.37. The Labute approximate surface area is 161 Å². The van der Waals surface area contributed by atoms with Gasteiger partial charge < -0.3 is 9.84 Å². The summed E-state index contributed by atoms with van der Waals surface area (Å²) >= 11 is 0. The van der Waals surface area contributed by atoms with Crippen molar-refractivity contribution in [2.45, 2.75) is 33.0 Å². The van der Waals surface area contributed by atoms with E-state index >= 15 is 0 Å². The van der Waals surface area contributed by atoms with E-state index in [2.05, 4.69) is 28.9 Å². The number of benzene rings is 2. The molecule has 0 aliphatic rings. The van der Waals surface area contributed by atoms with E-state index in [1.807, 2.05) is 48.5 Å². The first-order chi connectivity index (χ1) is 13.2. The molecule has 3 aromatic rings. The molecule has 0 atom stereocenters. The molecule has 0 aliphatic heterocycles. The van der Waals surface area contributed by atoms with Gasteiger partial charge in [-0.15, -0.1) is 0 Å². The predicted molar refractivity (Wildman–Crippen MR) is 108 cm³/mol. The number of pyridine rings is 1. The molecule has 3 rings (SSSR count). The summed E-state index contributed by atoms with van der Waals surface area (Å²) in [5.74, 6) is 1.20. The van der Waals surface area contributed by atoms with Gasteiger partial charge in [0.2, 0.25) is 0 Å². The van der Waals surface area contributed by atoms with Gasteiger partial charge in [-0.1, -0.05) is 43.3 Å². The zero-order valence-corrected chi connectivity index (χ0v) is 15.7. The van der Waals surface area contributed by atoms with Crippen molar-refractivity contribution in [1.29, 1.82) is 0 Å². The number of hydrogen-bond acceptors (Lipinski definition) is 4. The molecule has 2 aromatic carbocycles. The third kappa shape index (κ3) is 5.83. The molecule has 0 saturated carbocycles. The van der Waals surface area contributed by atoms with Crippen molar-refractivity contribution in [3.05, 3.63) is 89.7 Å². The minimum Gasteiger partial charge on any atom is -0.508 e. The molecule has 1 aromatic heterocycles. The van der Waals surface area contributed by atoms with Gasteiger partial charge in [0, 0.05) is 24.8 Å². The Balaban J connectivity index is 1.58. The average Bonchev–Trinajstić information content (AvgIpc) is 2.70. The minimum absolute atomic E-state index is 0.358. The molecule has 4 nitrogen and oxygen atoms in total. The molecular formula is C23H26N2O2. The zero-order chi connectivity index (χ0) is 18.9. The lowest BCUT2D eigenvalue weighted by molar-refractivity contribution is 0.253. The molecule has 1 N–H and O–H groups in total. The van der Waals surface area contributed by atoms with Gasteiger partial charge >= 0.3 is 0 Å². The molecule has 140 valence electrons. The van der Waals surface area contributed by atoms with E-state index in [1.54, 1.807) is 12.3 Å². The van der Waals surface area contributed by atoms with Crippen LogP contribution in [0, 0.1) is 0 Å². The number of para-hydroxylation sites is 1. The topological polar surface area (TPSA) is 45.6 Å². The Hall–Kier alpha value is -2.85. The maximum atomic E-state index is 10.0. The summed E-state index contributed by atoms with van der Waals surface area (Å²) in [6.07, 6.45) is 2.84. The number of hydrogen-bond donors (Lipinski definition) is 1. The van der Waals surface area contributed by atoms with Gasteiger partial charge in [0.25, 0.3) is 0 Å². The van der Waals surface area contributed by atoms with Crippen LogP contribution in [-0.2, 0) is 19.7 Å². The SMILES string of the molecule is CCCN(Cc1ccc(OCc2ccccn2)cc1)Cc1ccccc1O. The van der Waals surface area contributed by atoms with Crippen LogP contribution >= 0.6 is 0 Å². The number of phenolic OH excluding ortho intramolecular Hbond substituents is 1. The van der Waals surface area contributed by atoms with Gasteiger partial charge in [-0.3, -0.25) is 9.88 Å². The first-order valence-corrected chi connectivity index (χ1v) is 9.35. The van der Waals surface area contributed by atoms with Crippen molar-refractivity contribution in [3.63, 3.8) is 0 Å². The smallest absolute Gasteiger partial charge is 0.130 e. The monoisotopic (exact) mass is 362 g/mol. The van der Waals surface area contributed by atoms with Crippen LogP contribution in [0.1, 0.15) is 30.2 Å². The van der Waals surface area contributed by atoms with Crippen LogP contribution in [0.25, 0.3) is 0 Å². The molecular weight excluding hydrogens is 336 g/mol. The van der Waals surface area contributed by atoms with Crippen LogP contribution < -0.4 is 4.74 Å². The first-order valence-electron chi connectivity index (χ1n) is 9.35. The second-order valence-corrected chi connectivity index (χ2v) is 6.59. The highest BCUT2D eigenvalue weighted by atomic mass is 16.5. The average molecular weight is 362 g/mol. The van der Waals surface area contributed by atoms with Gasteiger partial charge in [0.1, 0.15) is 18.1 Å². The van der Waals surface area contributed by atoms with Crippen molar-refractivity contribution in [2.24, 2.45) is 0 Å². The van der Waals surface area contributed by atoms with Crippen LogP contribution in [0.5, 0.6) is 11.5 Å². The first kappa shape index (κ1) is 18.9. The number of rotatable bonds is 9. The van der Waals surface area contributed by atoms with E-state index in [4.69, 9.17) is 4.74 Å². The molecule has 0 bridgehead atoms. The predicted octanol–water partition coefficient (Wildman–Crippen LogP) is 4.78. The quantitative estimate of drug-likeness (QED) is 0.595. The fraction of sp³-hybridized carbons (Fsp3) is 0.261. The van der Waals surface area contributed by atoms with Crippen molar-refractivity contribution >= 4 is 0 Å². The van der Waals surface area contributed by atoms with E-state index in [9.17, 15) is 5.11 Å². The summed E-state index contributed by atoms with van der Waals surface area (Å²) in [6.45, 7) is 5.19. The van der Waals surface area contributed by atoms with Crippen molar-refractivity contribution < 1.29 is 9.84 Å². The van der Waals surface area contributed by atoms with Crippen LogP contribution in [0.15, 0.2) is 72.9 Å². The molecule has 0 radical (unpaired) electrons. The summed E-state index contributed by atoms with van der Waals surface area (Å²) in [4.78, 5) is 6.61. The highest BCUT2D eigenvalue weighted by molar-refractivity contribution is 5.32. The van der Waals surface area contributed by atoms with Gasteiger partial charge in [0.05, 0.1) is 5.69 Å². The highest BCUT2D eigenvalue weighted by Gasteiger charge is 2.09. The highest BCUT2D eigenvalue weighted by Crippen LogP contribution is 2.20. The van der Waals surface area contributed by atoms with E-state index in [-0.39, 0.29) is 0 Å². The summed E-state index contributed by atoms with van der Waals surface area (Å²) in [5, 5.41) is 10.0. The number of aromatic nitrogens is 1. The third-order valence-corrected chi connectivity index (χ3v) is 4.37. The van der Waals surface area contributed by atoms with Crippen molar-refractivity contribution in [1.82, 2.24) is 9.88 Å². The van der Waals surface area contributed by atoms with Crippen molar-refractivity contribution in [3.8, 4) is 11.5 Å². The van der Waals surface area contributed by atoms with Crippen LogP contribution in [0.2, 0.25) is 0 Å². The van der Waals surface area contributed by atoms with Crippen LogP contribution in [0.4, 0.5) is 0 Å². The van der Waals surface area contributed by atoms with E-state index in [0.29, 0.717) is 12.4 Å². The molecule has 0 spiro atoms. The maximum Gasteiger partial charge on any atom is 0.130 e. The van der Waals surface area contributed by atoms with Crippen LogP contribution in [-0.4, -0.2) is 21.5 Å². The zero-order valence-electron chi connectivity index (χ0n) is 15.7. The van der Waals surface area contributed by atoms with Gasteiger partial charge in [-0.25, -0.2) is 0 Å². The number of phenols is 1. The lowest BCUT2D eigenvalue weighted by Gasteiger charge is -2.22. The largest absolute Gasteiger partial charge is 0.508 e. The fourth-order valence-electron chi connectivity index (χ4n) is 3.01. The number of ether oxygens (including phenoxy) is 1. The molecule has 0 amide bonds. The lowest BCUT2D eigenvalue weighted by atomic mass is 10.1. The summed E-state index contributed by atoms with van der Waals surface area (Å²) in [5.41, 5.74) is 3.10. The molecule has 0 fully saturated rings. The van der Waals surface area contributed by atoms with E-state index < -0.39 is 0 Å². The molecule has 1 heterocycles. The molecule has 4 heteroatoms. The molecule has 0 saturated heterocycles. The van der Waals surface area contributed by atoms with Gasteiger partial charge in [-0.2, -0.15) is 0 Å². The second kappa shape index (κ2) is 9.74. The summed E-state index contributed by atoms with van der Waals surface area (Å²) < 4.78 is 5.80. The molecule has 0 aliphatic carbocycles. The number of nitrogens with zero attached hydrogens (tertiary/aromatic N) is 2. The summed E-state index contributed by atoms with van der Waals surface area (Å²) in [6, 6.07) is 21.6. The Kier molecular flexibility index (Phi) is 6.83. The van der Waals surface area contributed by atoms with Gasteiger partial charge in [-0.05, 0) is 48.9 Å². The lowest BCUT2D eigenvalue weighted by Crippen LogP contribution is -2.23. The maximum absolute atomic E-state index is 10.0. The summed E-state index contributed by atoms with van der Waals surface area (Å²) in [7, 11) is 0. The molecule has 27 heavy (non-hydrogen) atoms. The Morgan fingerprint density at radius 3 is 2.41 bits per heavy atom. The van der Waals surface area contributed by atoms with E-state index in [0.717, 1.165) is 43.1 Å². The Morgan fingerprint density at radius 2 is 1.70 bits per heavy atom. The number of aromatic hydroxyl groups is 1. The molecule has 0 unspecified atom stereocenters. The fourth-order valence-corrected chi connectivity index (χ4v) is 3.01. The van der Waals surface area contributed by atoms with Gasteiger partial charge in [0.15, 0.2) is 0 Å². The minimum atomic E-state index is 0.358. The van der Waals surface area contributed by atoms with Crippen LogP contribution in [0.3, 0.4) is 0 Å². The Morgan fingerprint density at radius 1 is 0.926 bits per heavy atom.